The molecule has 1 heterocycles. The third kappa shape index (κ3) is 6.20. The fourth-order valence-corrected chi connectivity index (χ4v) is 2.61. The first kappa shape index (κ1) is 19.5. The number of nitrogens with one attached hydrogen (secondary N) is 1. The van der Waals surface area contributed by atoms with Crippen molar-refractivity contribution in [3.63, 3.8) is 0 Å². The number of piperidine rings is 1. The first-order chi connectivity index (χ1) is 10.6. The number of hydrogen-bond acceptors (Lipinski definition) is 3. The Balaban J connectivity index is 0.00000264. The first-order valence-corrected chi connectivity index (χ1v) is 7.97. The summed E-state index contributed by atoms with van der Waals surface area (Å²) in [6, 6.07) is 7.32. The Morgan fingerprint density at radius 2 is 1.78 bits per heavy atom. The maximum Gasteiger partial charge on any atom is 0.253 e. The minimum atomic E-state index is -0.135. The lowest BCUT2D eigenvalue weighted by atomic mass is 10.1. The van der Waals surface area contributed by atoms with Crippen molar-refractivity contribution in [1.29, 1.82) is 0 Å². The summed E-state index contributed by atoms with van der Waals surface area (Å²) in [5, 5.41) is 2.83. The van der Waals surface area contributed by atoms with Crippen LogP contribution in [-0.4, -0.2) is 35.8 Å². The summed E-state index contributed by atoms with van der Waals surface area (Å²) >= 11 is 0. The van der Waals surface area contributed by atoms with Crippen LogP contribution in [0.25, 0.3) is 0 Å². The molecule has 5 nitrogen and oxygen atoms in total. The normalized spacial score (nSPS) is 15.5. The highest BCUT2D eigenvalue weighted by atomic mass is 35.5. The maximum atomic E-state index is 12.3. The molecule has 1 saturated heterocycles. The standard InChI is InChI=1S/C17H25N3O2.ClH/c1-13(18)11-16(21)19-12-14-5-7-15(8-6-14)17(22)20-9-3-2-4-10-20;/h5-8,13H,2-4,9-12,18H2,1H3,(H,19,21);1H. The molecule has 0 aromatic heterocycles. The average Bonchev–Trinajstić information content (AvgIpc) is 2.53. The van der Waals surface area contributed by atoms with Crippen LogP contribution in [0.3, 0.4) is 0 Å². The number of carbonyl (C=O) groups is 2. The first-order valence-electron chi connectivity index (χ1n) is 7.97. The van der Waals surface area contributed by atoms with Gasteiger partial charge in [-0.3, -0.25) is 9.59 Å². The van der Waals surface area contributed by atoms with Crippen molar-refractivity contribution in [1.82, 2.24) is 10.2 Å². The molecule has 0 radical (unpaired) electrons. The Bertz CT molecular complexity index is 511. The zero-order valence-electron chi connectivity index (χ0n) is 13.6. The van der Waals surface area contributed by atoms with E-state index in [2.05, 4.69) is 5.32 Å². The fraction of sp³-hybridized carbons (Fsp3) is 0.529. The molecule has 2 amide bonds. The SMILES string of the molecule is CC(N)CC(=O)NCc1ccc(C(=O)N2CCCCC2)cc1.Cl. The van der Waals surface area contributed by atoms with E-state index in [-0.39, 0.29) is 30.3 Å². The molecular weight excluding hydrogens is 314 g/mol. The van der Waals surface area contributed by atoms with Gasteiger partial charge in [-0.1, -0.05) is 12.1 Å². The smallest absolute Gasteiger partial charge is 0.253 e. The predicted octanol–water partition coefficient (Wildman–Crippen LogP) is 2.09. The van der Waals surface area contributed by atoms with Gasteiger partial charge in [0.25, 0.3) is 5.91 Å². The number of amides is 2. The van der Waals surface area contributed by atoms with Crippen LogP contribution in [0.15, 0.2) is 24.3 Å². The molecule has 1 aromatic rings. The lowest BCUT2D eigenvalue weighted by Gasteiger charge is -2.26. The third-order valence-electron chi connectivity index (χ3n) is 3.84. The van der Waals surface area contributed by atoms with E-state index in [9.17, 15) is 9.59 Å². The zero-order chi connectivity index (χ0) is 15.9. The Morgan fingerprint density at radius 1 is 1.17 bits per heavy atom. The van der Waals surface area contributed by atoms with Crippen molar-refractivity contribution in [3.05, 3.63) is 35.4 Å². The van der Waals surface area contributed by atoms with Gasteiger partial charge in [-0.15, -0.1) is 12.4 Å². The van der Waals surface area contributed by atoms with E-state index < -0.39 is 0 Å². The minimum Gasteiger partial charge on any atom is -0.352 e. The number of hydrogen-bond donors (Lipinski definition) is 2. The van der Waals surface area contributed by atoms with E-state index in [0.717, 1.165) is 31.5 Å². The van der Waals surface area contributed by atoms with Crippen LogP contribution < -0.4 is 11.1 Å². The maximum absolute atomic E-state index is 12.3. The molecule has 1 aliphatic rings. The number of likely N-dealkylation sites (tertiary alicyclic amines) is 1. The van der Waals surface area contributed by atoms with Crippen molar-refractivity contribution in [2.45, 2.75) is 45.2 Å². The van der Waals surface area contributed by atoms with E-state index >= 15 is 0 Å². The molecule has 128 valence electrons. The number of nitrogens with zero attached hydrogens (tertiary/aromatic N) is 1. The molecule has 0 bridgehead atoms. The summed E-state index contributed by atoms with van der Waals surface area (Å²) < 4.78 is 0. The monoisotopic (exact) mass is 339 g/mol. The second-order valence-corrected chi connectivity index (χ2v) is 6.01. The highest BCUT2D eigenvalue weighted by molar-refractivity contribution is 5.94. The van der Waals surface area contributed by atoms with Crippen LogP contribution in [0.2, 0.25) is 0 Å². The van der Waals surface area contributed by atoms with Crippen LogP contribution in [-0.2, 0) is 11.3 Å². The third-order valence-corrected chi connectivity index (χ3v) is 3.84. The van der Waals surface area contributed by atoms with Crippen LogP contribution in [0, 0.1) is 0 Å². The molecule has 1 fully saturated rings. The van der Waals surface area contributed by atoms with Crippen LogP contribution in [0.5, 0.6) is 0 Å². The van der Waals surface area contributed by atoms with E-state index in [1.54, 1.807) is 6.92 Å². The number of benzene rings is 1. The van der Waals surface area contributed by atoms with Crippen molar-refractivity contribution in [3.8, 4) is 0 Å². The van der Waals surface area contributed by atoms with Crippen molar-refractivity contribution < 1.29 is 9.59 Å². The van der Waals surface area contributed by atoms with E-state index in [1.807, 2.05) is 29.2 Å². The lowest BCUT2D eigenvalue weighted by Crippen LogP contribution is -2.35. The number of nitrogens with two attached hydrogens (primary N) is 1. The van der Waals surface area contributed by atoms with Gasteiger partial charge in [0.05, 0.1) is 0 Å². The molecule has 1 unspecified atom stereocenters. The van der Waals surface area contributed by atoms with Crippen LogP contribution in [0.4, 0.5) is 0 Å². The van der Waals surface area contributed by atoms with E-state index in [4.69, 9.17) is 5.73 Å². The Labute approximate surface area is 144 Å². The van der Waals surface area contributed by atoms with E-state index in [0.29, 0.717) is 18.5 Å². The van der Waals surface area contributed by atoms with Gasteiger partial charge in [0, 0.05) is 37.7 Å². The van der Waals surface area contributed by atoms with Crippen molar-refractivity contribution in [2.75, 3.05) is 13.1 Å². The van der Waals surface area contributed by atoms with Crippen molar-refractivity contribution in [2.24, 2.45) is 5.73 Å². The molecule has 0 aliphatic carbocycles. The van der Waals surface area contributed by atoms with Gasteiger partial charge in [-0.05, 0) is 43.9 Å². The second kappa shape index (κ2) is 9.53. The molecule has 6 heteroatoms. The molecule has 1 atom stereocenters. The van der Waals surface area contributed by atoms with Gasteiger partial charge in [-0.25, -0.2) is 0 Å². The molecule has 23 heavy (non-hydrogen) atoms. The molecule has 1 aromatic carbocycles. The van der Waals surface area contributed by atoms with Gasteiger partial charge >= 0.3 is 0 Å². The summed E-state index contributed by atoms with van der Waals surface area (Å²) in [5.74, 6) is 0.0516. The van der Waals surface area contributed by atoms with Gasteiger partial charge in [-0.2, -0.15) is 0 Å². The topological polar surface area (TPSA) is 75.4 Å². The summed E-state index contributed by atoms with van der Waals surface area (Å²) in [7, 11) is 0. The number of halogens is 1. The van der Waals surface area contributed by atoms with Gasteiger partial charge in [0.1, 0.15) is 0 Å². The molecule has 2 rings (SSSR count). The van der Waals surface area contributed by atoms with Crippen LogP contribution >= 0.6 is 12.4 Å². The number of rotatable bonds is 5. The Morgan fingerprint density at radius 3 is 2.35 bits per heavy atom. The lowest BCUT2D eigenvalue weighted by molar-refractivity contribution is -0.121. The fourth-order valence-electron chi connectivity index (χ4n) is 2.61. The predicted molar refractivity (Wildman–Crippen MR) is 93.6 cm³/mol. The van der Waals surface area contributed by atoms with Gasteiger partial charge in [0.2, 0.25) is 5.91 Å². The number of carbonyl (C=O) groups excluding carboxylic acids is 2. The summed E-state index contributed by atoms with van der Waals surface area (Å²) in [6.07, 6.45) is 3.72. The quantitative estimate of drug-likeness (QED) is 0.862. The Hall–Kier alpha value is -1.59. The largest absolute Gasteiger partial charge is 0.352 e. The average molecular weight is 340 g/mol. The van der Waals surface area contributed by atoms with Gasteiger partial charge < -0.3 is 16.0 Å². The summed E-state index contributed by atoms with van der Waals surface area (Å²) in [4.78, 5) is 25.8. The molecule has 1 aliphatic heterocycles. The van der Waals surface area contributed by atoms with E-state index in [1.165, 1.54) is 6.42 Å². The highest BCUT2D eigenvalue weighted by Crippen LogP contribution is 2.13. The highest BCUT2D eigenvalue weighted by Gasteiger charge is 2.17. The molecule has 0 spiro atoms. The minimum absolute atomic E-state index is 0. The van der Waals surface area contributed by atoms with Gasteiger partial charge in [0.15, 0.2) is 0 Å². The zero-order valence-corrected chi connectivity index (χ0v) is 14.4. The summed E-state index contributed by atoms with van der Waals surface area (Å²) in [6.45, 7) is 3.98. The molecule has 3 N–H and O–H groups in total. The molecular formula is C17H26ClN3O2. The molecule has 0 saturated carbocycles. The summed E-state index contributed by atoms with van der Waals surface area (Å²) in [5.41, 5.74) is 7.28. The van der Waals surface area contributed by atoms with Crippen molar-refractivity contribution >= 4 is 24.2 Å². The Kier molecular flexibility index (Phi) is 8.06. The second-order valence-electron chi connectivity index (χ2n) is 6.01. The van der Waals surface area contributed by atoms with Crippen LogP contribution in [0.1, 0.15) is 48.5 Å².